The van der Waals surface area contributed by atoms with Crippen LogP contribution in [0, 0.1) is 0 Å². The Kier molecular flexibility index (Phi) is 6.08. The Balaban J connectivity index is 1.56. The summed E-state index contributed by atoms with van der Waals surface area (Å²) in [7, 11) is 1.63. The van der Waals surface area contributed by atoms with E-state index in [-0.39, 0.29) is 12.5 Å². The lowest BCUT2D eigenvalue weighted by Crippen LogP contribution is -2.29. The van der Waals surface area contributed by atoms with Gasteiger partial charge in [-0.2, -0.15) is 0 Å². The highest BCUT2D eigenvalue weighted by atomic mass is 32.1. The summed E-state index contributed by atoms with van der Waals surface area (Å²) >= 11 is 1.56. The summed E-state index contributed by atoms with van der Waals surface area (Å²) in [4.78, 5) is 25.2. The van der Waals surface area contributed by atoms with Crippen molar-refractivity contribution >= 4 is 34.0 Å². The Morgan fingerprint density at radius 2 is 1.89 bits per heavy atom. The molecule has 5 nitrogen and oxygen atoms in total. The molecule has 27 heavy (non-hydrogen) atoms. The number of hydrogen-bond acceptors (Lipinski definition) is 5. The third-order valence-electron chi connectivity index (χ3n) is 4.31. The molecule has 3 rings (SSSR count). The van der Waals surface area contributed by atoms with Gasteiger partial charge in [0.05, 0.1) is 19.6 Å². The second kappa shape index (κ2) is 8.68. The molecular formula is C21H21NO4S. The predicted octanol–water partition coefficient (Wildman–Crippen LogP) is 3.87. The fourth-order valence-corrected chi connectivity index (χ4v) is 3.33. The maximum Gasteiger partial charge on any atom is 0.313 e. The average molecular weight is 383 g/mol. The largest absolute Gasteiger partial charge is 0.497 e. The smallest absolute Gasteiger partial charge is 0.313 e. The highest BCUT2D eigenvalue weighted by molar-refractivity contribution is 7.09. The first kappa shape index (κ1) is 18.9. The van der Waals surface area contributed by atoms with Gasteiger partial charge in [0.1, 0.15) is 5.75 Å². The van der Waals surface area contributed by atoms with Crippen LogP contribution >= 0.6 is 11.3 Å². The number of esters is 1. The van der Waals surface area contributed by atoms with Crippen LogP contribution in [-0.2, 0) is 20.9 Å². The monoisotopic (exact) mass is 383 g/mol. The Bertz CT molecular complexity index is 937. The molecule has 0 saturated heterocycles. The zero-order valence-corrected chi connectivity index (χ0v) is 16.0. The van der Waals surface area contributed by atoms with Crippen LogP contribution in [0.3, 0.4) is 0 Å². The van der Waals surface area contributed by atoms with Gasteiger partial charge in [0.2, 0.25) is 0 Å². The second-order valence-electron chi connectivity index (χ2n) is 6.16. The maximum absolute atomic E-state index is 12.3. The highest BCUT2D eigenvalue weighted by Gasteiger charge is 2.18. The van der Waals surface area contributed by atoms with Crippen LogP contribution in [0.15, 0.2) is 53.9 Å². The summed E-state index contributed by atoms with van der Waals surface area (Å²) < 4.78 is 10.4. The Morgan fingerprint density at radius 3 is 2.63 bits per heavy atom. The zero-order chi connectivity index (χ0) is 19.2. The number of nitrogens with one attached hydrogen (secondary N) is 1. The van der Waals surface area contributed by atoms with E-state index < -0.39 is 11.9 Å². The van der Waals surface area contributed by atoms with Crippen LogP contribution in [0.25, 0.3) is 10.8 Å². The number of thiophene rings is 1. The molecule has 0 aliphatic heterocycles. The van der Waals surface area contributed by atoms with Crippen LogP contribution in [0.4, 0.5) is 0 Å². The molecule has 0 radical (unpaired) electrons. The molecule has 1 N–H and O–H groups in total. The van der Waals surface area contributed by atoms with Crippen LogP contribution in [0.2, 0.25) is 0 Å². The van der Waals surface area contributed by atoms with E-state index in [4.69, 9.17) is 9.47 Å². The normalized spacial score (nSPS) is 11.8. The van der Waals surface area contributed by atoms with Gasteiger partial charge in [-0.1, -0.05) is 30.3 Å². The van der Waals surface area contributed by atoms with Gasteiger partial charge in [0.25, 0.3) is 5.91 Å². The van der Waals surface area contributed by atoms with Crippen molar-refractivity contribution < 1.29 is 19.1 Å². The number of carbonyl (C=O) groups is 2. The van der Waals surface area contributed by atoms with E-state index in [0.29, 0.717) is 6.54 Å². The molecule has 6 heteroatoms. The first-order valence-electron chi connectivity index (χ1n) is 8.60. The first-order valence-corrected chi connectivity index (χ1v) is 9.48. The fourth-order valence-electron chi connectivity index (χ4n) is 2.69. The first-order chi connectivity index (χ1) is 13.1. The predicted molar refractivity (Wildman–Crippen MR) is 106 cm³/mol. The molecule has 140 valence electrons. The minimum absolute atomic E-state index is 0.278. The molecule has 1 aromatic heterocycles. The molecule has 1 atom stereocenters. The fraction of sp³-hybridized carbons (Fsp3) is 0.238. The molecule has 0 aliphatic rings. The van der Waals surface area contributed by atoms with E-state index in [1.165, 1.54) is 0 Å². The van der Waals surface area contributed by atoms with Crippen LogP contribution < -0.4 is 10.1 Å². The van der Waals surface area contributed by atoms with Gasteiger partial charge < -0.3 is 14.8 Å². The second-order valence-corrected chi connectivity index (χ2v) is 7.19. The van der Waals surface area contributed by atoms with Crippen molar-refractivity contribution in [3.8, 4) is 5.75 Å². The van der Waals surface area contributed by atoms with Gasteiger partial charge in [-0.05, 0) is 46.8 Å². The van der Waals surface area contributed by atoms with E-state index in [0.717, 1.165) is 27.0 Å². The lowest BCUT2D eigenvalue weighted by molar-refractivity contribution is -0.149. The van der Waals surface area contributed by atoms with Crippen molar-refractivity contribution in [3.05, 3.63) is 64.4 Å². The Labute approximate surface area is 161 Å². The van der Waals surface area contributed by atoms with Crippen LogP contribution in [-0.4, -0.2) is 25.6 Å². The molecular weight excluding hydrogens is 362 g/mol. The summed E-state index contributed by atoms with van der Waals surface area (Å²) in [6.07, 6.45) is 0. The molecule has 1 amide bonds. The molecule has 0 spiro atoms. The van der Waals surface area contributed by atoms with E-state index in [9.17, 15) is 9.59 Å². The van der Waals surface area contributed by atoms with Gasteiger partial charge in [-0.25, -0.2) is 0 Å². The zero-order valence-electron chi connectivity index (χ0n) is 15.2. The van der Waals surface area contributed by atoms with Gasteiger partial charge in [0.15, 0.2) is 6.61 Å². The number of carbonyl (C=O) groups excluding carboxylic acids is 2. The number of ether oxygens (including phenoxy) is 2. The molecule has 3 aromatic rings. The number of amides is 1. The van der Waals surface area contributed by atoms with E-state index in [1.807, 2.05) is 53.9 Å². The van der Waals surface area contributed by atoms with Crippen molar-refractivity contribution in [1.82, 2.24) is 5.32 Å². The third kappa shape index (κ3) is 4.86. The Hall–Kier alpha value is -2.86. The standard InChI is InChI=1S/C21H21NO4S/c1-14(15-5-6-17-11-18(25-2)8-7-16(17)10-15)21(24)26-13-20(23)22-12-19-4-3-9-27-19/h3-11,14H,12-13H2,1-2H3,(H,22,23)/t14-/m0/s1. The minimum atomic E-state index is -0.457. The van der Waals surface area contributed by atoms with Gasteiger partial charge in [-0.15, -0.1) is 11.3 Å². The number of benzene rings is 2. The van der Waals surface area contributed by atoms with Crippen LogP contribution in [0.5, 0.6) is 5.75 Å². The van der Waals surface area contributed by atoms with E-state index in [1.54, 1.807) is 25.4 Å². The average Bonchev–Trinajstić information content (AvgIpc) is 3.22. The quantitative estimate of drug-likeness (QED) is 0.629. The van der Waals surface area contributed by atoms with Gasteiger partial charge in [0, 0.05) is 4.88 Å². The number of hydrogen-bond donors (Lipinski definition) is 1. The van der Waals surface area contributed by atoms with Crippen molar-refractivity contribution in [1.29, 1.82) is 0 Å². The number of fused-ring (bicyclic) bond motifs is 1. The lowest BCUT2D eigenvalue weighted by atomic mass is 9.98. The van der Waals surface area contributed by atoms with Crippen molar-refractivity contribution in [2.75, 3.05) is 13.7 Å². The minimum Gasteiger partial charge on any atom is -0.497 e. The summed E-state index contributed by atoms with van der Waals surface area (Å²) in [5.74, 6) is -0.401. The summed E-state index contributed by atoms with van der Waals surface area (Å²) in [5, 5.41) is 6.73. The molecule has 0 aliphatic carbocycles. The van der Waals surface area contributed by atoms with Gasteiger partial charge in [-0.3, -0.25) is 9.59 Å². The van der Waals surface area contributed by atoms with Crippen molar-refractivity contribution in [3.63, 3.8) is 0 Å². The third-order valence-corrected chi connectivity index (χ3v) is 5.19. The van der Waals surface area contributed by atoms with E-state index in [2.05, 4.69) is 5.32 Å². The van der Waals surface area contributed by atoms with Crippen molar-refractivity contribution in [2.24, 2.45) is 0 Å². The molecule has 0 unspecified atom stereocenters. The summed E-state index contributed by atoms with van der Waals surface area (Å²) in [6.45, 7) is 1.94. The molecule has 1 heterocycles. The summed E-state index contributed by atoms with van der Waals surface area (Å²) in [6, 6.07) is 15.4. The van der Waals surface area contributed by atoms with Crippen molar-refractivity contribution in [2.45, 2.75) is 19.4 Å². The lowest BCUT2D eigenvalue weighted by Gasteiger charge is -2.13. The number of methoxy groups -OCH3 is 1. The van der Waals surface area contributed by atoms with E-state index >= 15 is 0 Å². The topological polar surface area (TPSA) is 64.6 Å². The molecule has 0 fully saturated rings. The molecule has 0 saturated carbocycles. The molecule has 2 aromatic carbocycles. The van der Waals surface area contributed by atoms with Crippen LogP contribution in [0.1, 0.15) is 23.3 Å². The Morgan fingerprint density at radius 1 is 1.11 bits per heavy atom. The SMILES string of the molecule is COc1ccc2cc([C@H](C)C(=O)OCC(=O)NCc3cccs3)ccc2c1. The maximum atomic E-state index is 12.3. The highest BCUT2D eigenvalue weighted by Crippen LogP contribution is 2.25. The molecule has 0 bridgehead atoms. The number of rotatable bonds is 7. The summed E-state index contributed by atoms with van der Waals surface area (Å²) in [5.41, 5.74) is 0.844. The van der Waals surface area contributed by atoms with Gasteiger partial charge >= 0.3 is 5.97 Å².